The molecule has 1 unspecified atom stereocenters. The van der Waals surface area contributed by atoms with Gasteiger partial charge in [0.2, 0.25) is 0 Å². The van der Waals surface area contributed by atoms with Gasteiger partial charge in [-0.2, -0.15) is 0 Å². The van der Waals surface area contributed by atoms with Gasteiger partial charge in [-0.25, -0.2) is 0 Å². The van der Waals surface area contributed by atoms with E-state index in [0.717, 1.165) is 32.1 Å². The summed E-state index contributed by atoms with van der Waals surface area (Å²) in [7, 11) is 0. The van der Waals surface area contributed by atoms with Crippen LogP contribution in [0.4, 0.5) is 0 Å². The number of unbranched alkanes of at least 4 members (excludes halogenated alkanes) is 4. The third kappa shape index (κ3) is 9.63. The van der Waals surface area contributed by atoms with Crippen molar-refractivity contribution in [3.05, 3.63) is 24.8 Å². The predicted octanol–water partition coefficient (Wildman–Crippen LogP) is 3.24. The van der Waals surface area contributed by atoms with Crippen molar-refractivity contribution < 1.29 is 19.8 Å². The van der Waals surface area contributed by atoms with Gasteiger partial charge >= 0.3 is 11.9 Å². The molecule has 4 heteroatoms. The van der Waals surface area contributed by atoms with Gasteiger partial charge in [-0.15, -0.1) is 6.58 Å². The summed E-state index contributed by atoms with van der Waals surface area (Å²) in [4.78, 5) is 21.2. The second-order valence-corrected chi connectivity index (χ2v) is 4.27. The van der Waals surface area contributed by atoms with Gasteiger partial charge < -0.3 is 10.2 Å². The van der Waals surface area contributed by atoms with E-state index in [1.165, 1.54) is 0 Å². The number of carbonyl (C=O) groups is 2. The van der Waals surface area contributed by atoms with E-state index < -0.39 is 17.9 Å². The van der Waals surface area contributed by atoms with Gasteiger partial charge in [0.15, 0.2) is 0 Å². The fourth-order valence-corrected chi connectivity index (χ4v) is 1.59. The first-order chi connectivity index (χ1) is 8.57. The van der Waals surface area contributed by atoms with E-state index in [0.29, 0.717) is 0 Å². The molecular formula is C14H22O4. The first kappa shape index (κ1) is 16.4. The zero-order chi connectivity index (χ0) is 13.8. The van der Waals surface area contributed by atoms with Gasteiger partial charge in [-0.1, -0.05) is 24.6 Å². The second kappa shape index (κ2) is 10.6. The molecule has 0 rings (SSSR count). The van der Waals surface area contributed by atoms with E-state index in [2.05, 4.69) is 6.58 Å². The van der Waals surface area contributed by atoms with Crippen molar-refractivity contribution in [3.8, 4) is 0 Å². The smallest absolute Gasteiger partial charge is 0.307 e. The molecule has 0 aromatic heterocycles. The number of hydrogen-bond donors (Lipinski definition) is 2. The number of carboxylic acids is 2. The van der Waals surface area contributed by atoms with Crippen LogP contribution >= 0.6 is 0 Å². The summed E-state index contributed by atoms with van der Waals surface area (Å²) in [6, 6.07) is 0. The minimum absolute atomic E-state index is 0.286. The van der Waals surface area contributed by atoms with Crippen LogP contribution in [0.3, 0.4) is 0 Å². The van der Waals surface area contributed by atoms with Gasteiger partial charge in [0.1, 0.15) is 0 Å². The Hall–Kier alpha value is -1.58. The van der Waals surface area contributed by atoms with Gasteiger partial charge in [-0.05, 0) is 32.1 Å². The van der Waals surface area contributed by atoms with Crippen LogP contribution in [0.2, 0.25) is 0 Å². The average Bonchev–Trinajstić information content (AvgIpc) is 2.30. The quantitative estimate of drug-likeness (QED) is 0.438. The maximum absolute atomic E-state index is 10.8. The first-order valence-electron chi connectivity index (χ1n) is 6.28. The summed E-state index contributed by atoms with van der Waals surface area (Å²) in [6.45, 7) is 3.65. The Morgan fingerprint density at radius 3 is 2.28 bits per heavy atom. The van der Waals surface area contributed by atoms with E-state index in [4.69, 9.17) is 10.2 Å². The Morgan fingerprint density at radius 1 is 1.06 bits per heavy atom. The lowest BCUT2D eigenvalue weighted by Crippen LogP contribution is -2.16. The summed E-state index contributed by atoms with van der Waals surface area (Å²) in [5, 5.41) is 17.4. The molecular weight excluding hydrogens is 232 g/mol. The number of rotatable bonds is 11. The summed E-state index contributed by atoms with van der Waals surface area (Å²) in [5.41, 5.74) is 0. The van der Waals surface area contributed by atoms with Crippen LogP contribution in [0.15, 0.2) is 24.8 Å². The standard InChI is InChI=1S/C14H22O4/c1-2-3-4-5-6-7-8-9-10-12(14(17)18)11-13(15)16/h2,8-9,12H,1,3-7,10-11H2,(H,15,16)(H,17,18). The lowest BCUT2D eigenvalue weighted by molar-refractivity contribution is -0.148. The van der Waals surface area contributed by atoms with E-state index in [1.54, 1.807) is 6.08 Å². The predicted molar refractivity (Wildman–Crippen MR) is 70.4 cm³/mol. The highest BCUT2D eigenvalue weighted by Gasteiger charge is 2.18. The number of allylic oxidation sites excluding steroid dienone is 3. The minimum atomic E-state index is -1.07. The SMILES string of the molecule is C=CCCCCCC=CCC(CC(=O)O)C(=O)O. The first-order valence-corrected chi connectivity index (χ1v) is 6.28. The highest BCUT2D eigenvalue weighted by Crippen LogP contribution is 2.11. The Labute approximate surface area is 108 Å². The molecule has 0 aliphatic carbocycles. The molecule has 0 amide bonds. The normalized spacial score (nSPS) is 12.4. The van der Waals surface area contributed by atoms with Gasteiger partial charge in [-0.3, -0.25) is 9.59 Å². The molecule has 2 N–H and O–H groups in total. The van der Waals surface area contributed by atoms with Crippen molar-refractivity contribution in [1.29, 1.82) is 0 Å². The van der Waals surface area contributed by atoms with E-state index in [-0.39, 0.29) is 12.8 Å². The third-order valence-corrected chi connectivity index (χ3v) is 2.64. The van der Waals surface area contributed by atoms with Crippen LogP contribution in [0, 0.1) is 5.92 Å². The molecule has 0 radical (unpaired) electrons. The summed E-state index contributed by atoms with van der Waals surface area (Å²) in [5.74, 6) is -2.94. The highest BCUT2D eigenvalue weighted by molar-refractivity contribution is 5.77. The highest BCUT2D eigenvalue weighted by atomic mass is 16.4. The van der Waals surface area contributed by atoms with Crippen molar-refractivity contribution >= 4 is 11.9 Å². The average molecular weight is 254 g/mol. The number of aliphatic carboxylic acids is 2. The van der Waals surface area contributed by atoms with Crippen molar-refractivity contribution in [2.45, 2.75) is 44.9 Å². The van der Waals surface area contributed by atoms with Gasteiger partial charge in [0.05, 0.1) is 12.3 Å². The van der Waals surface area contributed by atoms with Crippen LogP contribution in [0.5, 0.6) is 0 Å². The molecule has 0 aliphatic heterocycles. The van der Waals surface area contributed by atoms with Gasteiger partial charge in [0, 0.05) is 0 Å². The molecule has 0 spiro atoms. The Morgan fingerprint density at radius 2 is 1.72 bits per heavy atom. The van der Waals surface area contributed by atoms with Crippen LogP contribution in [0.1, 0.15) is 44.9 Å². The molecule has 0 aliphatic rings. The molecule has 0 saturated heterocycles. The third-order valence-electron chi connectivity index (χ3n) is 2.64. The maximum Gasteiger partial charge on any atom is 0.307 e. The van der Waals surface area contributed by atoms with Crippen LogP contribution in [-0.2, 0) is 9.59 Å². The van der Waals surface area contributed by atoms with Crippen LogP contribution < -0.4 is 0 Å². The summed E-state index contributed by atoms with van der Waals surface area (Å²) >= 11 is 0. The van der Waals surface area contributed by atoms with Crippen molar-refractivity contribution in [2.75, 3.05) is 0 Å². The monoisotopic (exact) mass is 254 g/mol. The van der Waals surface area contributed by atoms with Crippen LogP contribution in [-0.4, -0.2) is 22.2 Å². The van der Waals surface area contributed by atoms with E-state index in [9.17, 15) is 9.59 Å². The molecule has 102 valence electrons. The molecule has 0 bridgehead atoms. The minimum Gasteiger partial charge on any atom is -0.481 e. The zero-order valence-electron chi connectivity index (χ0n) is 10.7. The molecule has 4 nitrogen and oxygen atoms in total. The Kier molecular flexibility index (Phi) is 9.64. The molecule has 0 heterocycles. The fourth-order valence-electron chi connectivity index (χ4n) is 1.59. The number of hydrogen-bond acceptors (Lipinski definition) is 2. The molecule has 0 fully saturated rings. The summed E-state index contributed by atoms with van der Waals surface area (Å²) in [6.07, 6.45) is 10.9. The lowest BCUT2D eigenvalue weighted by atomic mass is 10.0. The lowest BCUT2D eigenvalue weighted by Gasteiger charge is -2.05. The zero-order valence-corrected chi connectivity index (χ0v) is 10.7. The Bertz CT molecular complexity index is 294. The molecule has 0 aromatic rings. The fraction of sp³-hybridized carbons (Fsp3) is 0.571. The number of carboxylic acid groups (broad SMARTS) is 2. The largest absolute Gasteiger partial charge is 0.481 e. The van der Waals surface area contributed by atoms with Crippen molar-refractivity contribution in [3.63, 3.8) is 0 Å². The maximum atomic E-state index is 10.8. The molecule has 18 heavy (non-hydrogen) atoms. The molecule has 1 atom stereocenters. The topological polar surface area (TPSA) is 74.6 Å². The molecule has 0 aromatic carbocycles. The second-order valence-electron chi connectivity index (χ2n) is 4.27. The van der Waals surface area contributed by atoms with E-state index >= 15 is 0 Å². The molecule has 0 saturated carbocycles. The van der Waals surface area contributed by atoms with Crippen LogP contribution in [0.25, 0.3) is 0 Å². The van der Waals surface area contributed by atoms with Crippen molar-refractivity contribution in [1.82, 2.24) is 0 Å². The van der Waals surface area contributed by atoms with Crippen molar-refractivity contribution in [2.24, 2.45) is 5.92 Å². The van der Waals surface area contributed by atoms with E-state index in [1.807, 2.05) is 12.2 Å². The van der Waals surface area contributed by atoms with Gasteiger partial charge in [0.25, 0.3) is 0 Å². The summed E-state index contributed by atoms with van der Waals surface area (Å²) < 4.78 is 0. The Balaban J connectivity index is 3.73.